The summed E-state index contributed by atoms with van der Waals surface area (Å²) in [5, 5.41) is 11.4. The van der Waals surface area contributed by atoms with Gasteiger partial charge in [-0.1, -0.05) is 36.6 Å². The maximum atomic E-state index is 13.3. The molecular weight excluding hydrogens is 550 g/mol. The molecule has 1 saturated heterocycles. The highest BCUT2D eigenvalue weighted by Gasteiger charge is 2.48. The zero-order valence-corrected chi connectivity index (χ0v) is 23.3. The lowest BCUT2D eigenvalue weighted by molar-refractivity contribution is -0.384. The van der Waals surface area contributed by atoms with Crippen LogP contribution in [0.4, 0.5) is 11.4 Å². The first-order chi connectivity index (χ1) is 20.7. The van der Waals surface area contributed by atoms with Crippen molar-refractivity contribution in [2.24, 2.45) is 11.8 Å². The number of nitrogens with zero attached hydrogens (tertiary/aromatic N) is 3. The van der Waals surface area contributed by atoms with Gasteiger partial charge in [-0.25, -0.2) is 9.78 Å². The predicted molar refractivity (Wildman–Crippen MR) is 158 cm³/mol. The predicted octanol–water partition coefficient (Wildman–Crippen LogP) is 5.84. The Labute approximate surface area is 246 Å². The van der Waals surface area contributed by atoms with E-state index in [1.165, 1.54) is 29.2 Å². The number of hydrogen-bond donors (Lipinski definition) is 0. The Bertz CT molecular complexity index is 1770. The summed E-state index contributed by atoms with van der Waals surface area (Å²) < 4.78 is 5.39. The highest BCUT2D eigenvalue weighted by atomic mass is 16.6. The number of nitro groups is 1. The summed E-state index contributed by atoms with van der Waals surface area (Å²) in [7, 11) is 0. The van der Waals surface area contributed by atoms with E-state index >= 15 is 0 Å². The number of aryl methyl sites for hydroxylation is 1. The number of ether oxygens (including phenoxy) is 1. The molecule has 43 heavy (non-hydrogen) atoms. The Kier molecular flexibility index (Phi) is 7.27. The van der Waals surface area contributed by atoms with Gasteiger partial charge in [-0.3, -0.25) is 29.4 Å². The Morgan fingerprint density at radius 3 is 2.21 bits per heavy atom. The second-order valence-corrected chi connectivity index (χ2v) is 10.9. The van der Waals surface area contributed by atoms with Crippen molar-refractivity contribution in [2.45, 2.75) is 32.6 Å². The molecule has 1 saturated carbocycles. The average Bonchev–Trinajstić information content (AvgIpc) is 3.28. The summed E-state index contributed by atoms with van der Waals surface area (Å²) in [5.74, 6) is -1.99. The van der Waals surface area contributed by atoms with Crippen molar-refractivity contribution < 1.29 is 28.8 Å². The van der Waals surface area contributed by atoms with Crippen molar-refractivity contribution in [2.75, 3.05) is 11.5 Å². The van der Waals surface area contributed by atoms with Crippen molar-refractivity contribution in [1.29, 1.82) is 0 Å². The molecule has 6 rings (SSSR count). The number of carbonyl (C=O) groups excluding carboxylic acids is 4. The molecule has 1 aromatic heterocycles. The highest BCUT2D eigenvalue weighted by Crippen LogP contribution is 2.40. The van der Waals surface area contributed by atoms with E-state index in [1.54, 1.807) is 36.4 Å². The molecule has 0 radical (unpaired) electrons. The molecule has 4 aromatic rings. The lowest BCUT2D eigenvalue weighted by atomic mass is 9.81. The zero-order valence-electron chi connectivity index (χ0n) is 23.3. The monoisotopic (exact) mass is 577 g/mol. The number of benzene rings is 3. The molecular formula is C33H27N3O7. The third kappa shape index (κ3) is 5.27. The van der Waals surface area contributed by atoms with Gasteiger partial charge in [0, 0.05) is 28.6 Å². The summed E-state index contributed by atoms with van der Waals surface area (Å²) in [6.07, 6.45) is 3.39. The minimum atomic E-state index is -0.720. The van der Waals surface area contributed by atoms with E-state index < -0.39 is 23.3 Å². The van der Waals surface area contributed by atoms with E-state index in [1.807, 2.05) is 19.1 Å². The van der Waals surface area contributed by atoms with Gasteiger partial charge in [0.15, 0.2) is 12.4 Å². The maximum absolute atomic E-state index is 13.3. The van der Waals surface area contributed by atoms with Crippen molar-refractivity contribution >= 4 is 45.8 Å². The van der Waals surface area contributed by atoms with Crippen LogP contribution in [0.1, 0.15) is 52.0 Å². The van der Waals surface area contributed by atoms with Crippen molar-refractivity contribution in [3.63, 3.8) is 0 Å². The van der Waals surface area contributed by atoms with Crippen LogP contribution in [-0.4, -0.2) is 40.1 Å². The summed E-state index contributed by atoms with van der Waals surface area (Å²) in [6.45, 7) is 1.34. The van der Waals surface area contributed by atoms with Gasteiger partial charge in [0.05, 0.1) is 39.2 Å². The Balaban J connectivity index is 1.26. The molecule has 10 nitrogen and oxygen atoms in total. The van der Waals surface area contributed by atoms with Gasteiger partial charge >= 0.3 is 5.97 Å². The number of anilines is 1. The number of esters is 1. The largest absolute Gasteiger partial charge is 0.454 e. The van der Waals surface area contributed by atoms with Crippen LogP contribution in [0.25, 0.3) is 22.2 Å². The molecule has 2 aliphatic rings. The summed E-state index contributed by atoms with van der Waals surface area (Å²) in [6, 6.07) is 19.1. The average molecular weight is 578 g/mol. The van der Waals surface area contributed by atoms with Crippen LogP contribution in [0, 0.1) is 28.9 Å². The number of ketones is 1. The lowest BCUT2D eigenvalue weighted by Gasteiger charge is -2.19. The maximum Gasteiger partial charge on any atom is 0.339 e. The number of imide groups is 1. The quantitative estimate of drug-likeness (QED) is 0.0879. The molecule has 2 fully saturated rings. The van der Waals surface area contributed by atoms with Crippen LogP contribution in [0.15, 0.2) is 72.8 Å². The normalized spacial score (nSPS) is 18.0. The molecule has 3 aromatic carbocycles. The van der Waals surface area contributed by atoms with Crippen molar-refractivity contribution in [3.05, 3.63) is 99.6 Å². The van der Waals surface area contributed by atoms with Gasteiger partial charge in [-0.2, -0.15) is 0 Å². The van der Waals surface area contributed by atoms with E-state index in [4.69, 9.17) is 9.72 Å². The van der Waals surface area contributed by atoms with E-state index in [0.717, 1.165) is 31.2 Å². The molecule has 2 amide bonds. The molecule has 216 valence electrons. The van der Waals surface area contributed by atoms with Crippen LogP contribution in [0.5, 0.6) is 0 Å². The van der Waals surface area contributed by atoms with Crippen LogP contribution in [-0.2, 0) is 14.3 Å². The Morgan fingerprint density at radius 2 is 1.58 bits per heavy atom. The van der Waals surface area contributed by atoms with Gasteiger partial charge in [-0.15, -0.1) is 0 Å². The number of nitro benzene ring substituents is 1. The topological polar surface area (TPSA) is 137 Å². The highest BCUT2D eigenvalue weighted by molar-refractivity contribution is 6.22. The summed E-state index contributed by atoms with van der Waals surface area (Å²) in [4.78, 5) is 68.3. The molecule has 0 bridgehead atoms. The zero-order chi connectivity index (χ0) is 30.2. The molecule has 2 atom stereocenters. The second-order valence-electron chi connectivity index (χ2n) is 10.9. The number of fused-ring (bicyclic) bond motifs is 2. The second kappa shape index (κ2) is 11.2. The Morgan fingerprint density at radius 1 is 0.930 bits per heavy atom. The van der Waals surface area contributed by atoms with Crippen molar-refractivity contribution in [3.8, 4) is 11.3 Å². The first kappa shape index (κ1) is 27.9. The fourth-order valence-electron chi connectivity index (χ4n) is 5.92. The van der Waals surface area contributed by atoms with Gasteiger partial charge in [0.2, 0.25) is 11.8 Å². The van der Waals surface area contributed by atoms with E-state index in [9.17, 15) is 29.3 Å². The van der Waals surface area contributed by atoms with Crippen LogP contribution >= 0.6 is 0 Å². The van der Waals surface area contributed by atoms with Gasteiger partial charge in [-0.05, 0) is 62.2 Å². The number of carbonyl (C=O) groups is 4. The molecule has 0 unspecified atom stereocenters. The molecule has 1 aliphatic heterocycles. The van der Waals surface area contributed by atoms with Gasteiger partial charge in [0.25, 0.3) is 5.69 Å². The molecule has 2 heterocycles. The van der Waals surface area contributed by atoms with Gasteiger partial charge < -0.3 is 4.74 Å². The fraction of sp³-hybridized carbons (Fsp3) is 0.242. The number of non-ortho nitro benzene ring substituents is 1. The SMILES string of the molecule is Cc1ccc2nc(-c3ccc(N4C(=O)[C@H]5CCCC[C@@H]5C4=O)cc3)cc(C(=O)OCC(=O)c3ccc([N+](=O)[O-])cc3)c2c1. The third-order valence-electron chi connectivity index (χ3n) is 8.18. The van der Waals surface area contributed by atoms with Gasteiger partial charge in [0.1, 0.15) is 0 Å². The number of hydrogen-bond acceptors (Lipinski definition) is 8. The smallest absolute Gasteiger partial charge is 0.339 e. The third-order valence-corrected chi connectivity index (χ3v) is 8.18. The lowest BCUT2D eigenvalue weighted by Crippen LogP contribution is -2.30. The number of rotatable bonds is 7. The van der Waals surface area contributed by atoms with E-state index in [-0.39, 0.29) is 40.5 Å². The fourth-order valence-corrected chi connectivity index (χ4v) is 5.92. The minimum Gasteiger partial charge on any atom is -0.454 e. The summed E-state index contributed by atoms with van der Waals surface area (Å²) in [5.41, 5.74) is 3.36. The number of pyridine rings is 1. The number of Topliss-reactive ketones (excluding diaryl/α,β-unsaturated/α-hetero) is 1. The molecule has 0 N–H and O–H groups in total. The van der Waals surface area contributed by atoms with Crippen LogP contribution in [0.2, 0.25) is 0 Å². The van der Waals surface area contributed by atoms with E-state index in [0.29, 0.717) is 27.8 Å². The number of aromatic nitrogens is 1. The van der Waals surface area contributed by atoms with Crippen molar-refractivity contribution in [1.82, 2.24) is 4.98 Å². The first-order valence-electron chi connectivity index (χ1n) is 14.1. The van der Waals surface area contributed by atoms with Crippen LogP contribution < -0.4 is 4.90 Å². The van der Waals surface area contributed by atoms with Crippen LogP contribution in [0.3, 0.4) is 0 Å². The standard InChI is InChI=1S/C33H27N3O7/c1-19-6-15-28-26(16-19)27(33(40)43-18-30(37)21-9-13-23(14-10-21)36(41)42)17-29(34-28)20-7-11-22(12-8-20)35-31(38)24-4-2-3-5-25(24)32(35)39/h6-17,24-25H,2-5,18H2,1H3/t24-,25-/m0/s1. The summed E-state index contributed by atoms with van der Waals surface area (Å²) >= 11 is 0. The molecule has 1 aliphatic carbocycles. The molecule has 10 heteroatoms. The Hall–Kier alpha value is -5.25. The molecule has 0 spiro atoms. The number of amides is 2. The minimum absolute atomic E-state index is 0.144. The first-order valence-corrected chi connectivity index (χ1v) is 14.1. The van der Waals surface area contributed by atoms with E-state index in [2.05, 4.69) is 0 Å².